The summed E-state index contributed by atoms with van der Waals surface area (Å²) in [5, 5.41) is 12.5. The number of rotatable bonds is 3. The van der Waals surface area contributed by atoms with E-state index < -0.39 is 35.6 Å². The van der Waals surface area contributed by atoms with Crippen LogP contribution in [0.5, 0.6) is 0 Å². The zero-order chi connectivity index (χ0) is 17.1. The van der Waals surface area contributed by atoms with Gasteiger partial charge in [-0.25, -0.2) is 4.79 Å². The number of hydrogen-bond donors (Lipinski definition) is 2. The van der Waals surface area contributed by atoms with Gasteiger partial charge in [-0.1, -0.05) is 12.1 Å². The van der Waals surface area contributed by atoms with E-state index in [-0.39, 0.29) is 5.56 Å². The molecule has 0 radical (unpaired) electrons. The average Bonchev–Trinajstić information content (AvgIpc) is 2.34. The van der Waals surface area contributed by atoms with E-state index in [1.54, 1.807) is 20.8 Å². The third kappa shape index (κ3) is 5.55. The van der Waals surface area contributed by atoms with E-state index in [1.165, 1.54) is 19.1 Å². The van der Waals surface area contributed by atoms with Crippen molar-refractivity contribution >= 4 is 6.09 Å². The maximum absolute atomic E-state index is 12.7. The van der Waals surface area contributed by atoms with E-state index in [2.05, 4.69) is 5.32 Å². The van der Waals surface area contributed by atoms with Gasteiger partial charge in [-0.2, -0.15) is 13.2 Å². The summed E-state index contributed by atoms with van der Waals surface area (Å²) in [7, 11) is 0. The Labute approximate surface area is 127 Å². The van der Waals surface area contributed by atoms with Gasteiger partial charge in [0, 0.05) is 0 Å². The second-order valence-corrected chi connectivity index (χ2v) is 6.00. The molecule has 124 valence electrons. The number of ether oxygens (including phenoxy) is 1. The van der Waals surface area contributed by atoms with Gasteiger partial charge < -0.3 is 15.2 Å². The van der Waals surface area contributed by atoms with Crippen molar-refractivity contribution < 1.29 is 27.8 Å². The summed E-state index contributed by atoms with van der Waals surface area (Å²) in [5.41, 5.74) is -1.49. The zero-order valence-electron chi connectivity index (χ0n) is 12.9. The van der Waals surface area contributed by atoms with Gasteiger partial charge in [-0.3, -0.25) is 0 Å². The molecule has 7 heteroatoms. The Morgan fingerprint density at radius 1 is 1.27 bits per heavy atom. The number of amides is 1. The van der Waals surface area contributed by atoms with Crippen molar-refractivity contribution in [1.82, 2.24) is 5.32 Å². The molecule has 0 saturated carbocycles. The smallest absolute Gasteiger partial charge is 0.416 e. The van der Waals surface area contributed by atoms with E-state index in [1.807, 2.05) is 0 Å². The van der Waals surface area contributed by atoms with Crippen LogP contribution in [0.25, 0.3) is 0 Å². The molecule has 1 aromatic rings. The van der Waals surface area contributed by atoms with Crippen molar-refractivity contribution in [2.75, 3.05) is 0 Å². The molecule has 1 aromatic carbocycles. The van der Waals surface area contributed by atoms with Crippen molar-refractivity contribution in [3.8, 4) is 0 Å². The summed E-state index contributed by atoms with van der Waals surface area (Å²) in [6, 6.07) is 3.55. The summed E-state index contributed by atoms with van der Waals surface area (Å²) in [5.74, 6) is 0. The Morgan fingerprint density at radius 2 is 1.86 bits per heavy atom. The topological polar surface area (TPSA) is 58.6 Å². The van der Waals surface area contributed by atoms with Crippen molar-refractivity contribution in [3.05, 3.63) is 35.4 Å². The number of aliphatic hydroxyl groups excluding tert-OH is 1. The van der Waals surface area contributed by atoms with Crippen LogP contribution in [0.4, 0.5) is 18.0 Å². The first-order valence-electron chi connectivity index (χ1n) is 6.75. The van der Waals surface area contributed by atoms with Gasteiger partial charge in [0.05, 0.1) is 17.7 Å². The third-order valence-corrected chi connectivity index (χ3v) is 2.77. The lowest BCUT2D eigenvalue weighted by atomic mass is 10.0. The summed E-state index contributed by atoms with van der Waals surface area (Å²) >= 11 is 0. The number of nitrogens with one attached hydrogen (secondary N) is 1. The molecule has 0 aliphatic rings. The third-order valence-electron chi connectivity index (χ3n) is 2.77. The fourth-order valence-electron chi connectivity index (χ4n) is 1.76. The molecule has 0 aliphatic carbocycles. The van der Waals surface area contributed by atoms with Crippen LogP contribution in [-0.2, 0) is 10.9 Å². The van der Waals surface area contributed by atoms with Crippen LogP contribution >= 0.6 is 0 Å². The number of hydrogen-bond acceptors (Lipinski definition) is 3. The summed E-state index contributed by atoms with van der Waals surface area (Å²) in [6.45, 7) is 6.52. The first-order chi connectivity index (χ1) is 9.90. The van der Waals surface area contributed by atoms with Gasteiger partial charge in [-0.05, 0) is 45.4 Å². The van der Waals surface area contributed by atoms with Gasteiger partial charge >= 0.3 is 12.3 Å². The minimum atomic E-state index is -4.49. The average molecular weight is 319 g/mol. The van der Waals surface area contributed by atoms with Crippen LogP contribution in [0.15, 0.2) is 24.3 Å². The number of halogens is 3. The van der Waals surface area contributed by atoms with Crippen molar-refractivity contribution in [2.45, 2.75) is 51.6 Å². The second-order valence-electron chi connectivity index (χ2n) is 6.00. The molecule has 0 fully saturated rings. The van der Waals surface area contributed by atoms with Gasteiger partial charge in [-0.15, -0.1) is 0 Å². The standard InChI is InChI=1S/C15H20F3NO3/c1-9(19-13(21)22-14(2,3)4)12(20)10-6-5-7-11(8-10)15(16,17)18/h5-9,12,20H,1-4H3,(H,19,21). The molecule has 1 amide bonds. The number of alkyl halides is 3. The van der Waals surface area contributed by atoms with Crippen molar-refractivity contribution in [1.29, 1.82) is 0 Å². The second kappa shape index (κ2) is 6.56. The van der Waals surface area contributed by atoms with Gasteiger partial charge in [0.1, 0.15) is 5.60 Å². The monoisotopic (exact) mass is 319 g/mol. The zero-order valence-corrected chi connectivity index (χ0v) is 12.9. The minimum absolute atomic E-state index is 0.0679. The Hall–Kier alpha value is -1.76. The molecule has 0 heterocycles. The molecule has 0 aromatic heterocycles. The van der Waals surface area contributed by atoms with E-state index in [9.17, 15) is 23.1 Å². The normalized spacial score (nSPS) is 15.1. The maximum atomic E-state index is 12.7. The lowest BCUT2D eigenvalue weighted by Crippen LogP contribution is -2.40. The fraction of sp³-hybridized carbons (Fsp3) is 0.533. The molecule has 2 N–H and O–H groups in total. The molecule has 4 nitrogen and oxygen atoms in total. The highest BCUT2D eigenvalue weighted by molar-refractivity contribution is 5.68. The number of aliphatic hydroxyl groups is 1. The van der Waals surface area contributed by atoms with Crippen molar-refractivity contribution in [2.24, 2.45) is 0 Å². The van der Waals surface area contributed by atoms with E-state index in [0.29, 0.717) is 0 Å². The van der Waals surface area contributed by atoms with Crippen LogP contribution in [0.3, 0.4) is 0 Å². The van der Waals surface area contributed by atoms with Gasteiger partial charge in [0.25, 0.3) is 0 Å². The van der Waals surface area contributed by atoms with Crippen LogP contribution in [0, 0.1) is 0 Å². The van der Waals surface area contributed by atoms with E-state index in [4.69, 9.17) is 4.74 Å². The number of carbonyl (C=O) groups is 1. The lowest BCUT2D eigenvalue weighted by Gasteiger charge is -2.24. The molecular weight excluding hydrogens is 299 g/mol. The van der Waals surface area contributed by atoms with Crippen LogP contribution < -0.4 is 5.32 Å². The maximum Gasteiger partial charge on any atom is 0.416 e. The number of benzene rings is 1. The van der Waals surface area contributed by atoms with E-state index >= 15 is 0 Å². The van der Waals surface area contributed by atoms with Crippen LogP contribution in [0.1, 0.15) is 44.9 Å². The number of carbonyl (C=O) groups excluding carboxylic acids is 1. The molecule has 22 heavy (non-hydrogen) atoms. The molecular formula is C15H20F3NO3. The molecule has 2 atom stereocenters. The molecule has 0 bridgehead atoms. The van der Waals surface area contributed by atoms with E-state index in [0.717, 1.165) is 12.1 Å². The summed E-state index contributed by atoms with van der Waals surface area (Å²) < 4.78 is 43.0. The minimum Gasteiger partial charge on any atom is -0.444 e. The quantitative estimate of drug-likeness (QED) is 0.894. The molecule has 0 aliphatic heterocycles. The van der Waals surface area contributed by atoms with Crippen LogP contribution in [0.2, 0.25) is 0 Å². The molecule has 1 rings (SSSR count). The predicted molar refractivity (Wildman–Crippen MR) is 75.2 cm³/mol. The predicted octanol–water partition coefficient (Wildman–Crippen LogP) is 3.65. The molecule has 0 spiro atoms. The Balaban J connectivity index is 2.79. The highest BCUT2D eigenvalue weighted by Crippen LogP contribution is 2.31. The highest BCUT2D eigenvalue weighted by Gasteiger charge is 2.31. The number of alkyl carbamates (subject to hydrolysis) is 1. The first-order valence-corrected chi connectivity index (χ1v) is 6.75. The Morgan fingerprint density at radius 3 is 2.36 bits per heavy atom. The molecule has 2 unspecified atom stereocenters. The SMILES string of the molecule is CC(NC(=O)OC(C)(C)C)C(O)c1cccc(C(F)(F)F)c1. The first kappa shape index (κ1) is 18.3. The Kier molecular flexibility index (Phi) is 5.45. The highest BCUT2D eigenvalue weighted by atomic mass is 19.4. The molecule has 0 saturated heterocycles. The van der Waals surface area contributed by atoms with Crippen LogP contribution in [-0.4, -0.2) is 22.8 Å². The Bertz CT molecular complexity index is 523. The van der Waals surface area contributed by atoms with Gasteiger partial charge in [0.2, 0.25) is 0 Å². The van der Waals surface area contributed by atoms with Crippen molar-refractivity contribution in [3.63, 3.8) is 0 Å². The fourth-order valence-corrected chi connectivity index (χ4v) is 1.76. The summed E-state index contributed by atoms with van der Waals surface area (Å²) in [6.07, 6.45) is -6.52. The summed E-state index contributed by atoms with van der Waals surface area (Å²) in [4.78, 5) is 11.6. The lowest BCUT2D eigenvalue weighted by molar-refractivity contribution is -0.137. The largest absolute Gasteiger partial charge is 0.444 e. The van der Waals surface area contributed by atoms with Gasteiger partial charge in [0.15, 0.2) is 0 Å².